The van der Waals surface area contributed by atoms with E-state index in [2.05, 4.69) is 10.6 Å². The van der Waals surface area contributed by atoms with Crippen LogP contribution in [-0.4, -0.2) is 32.1 Å². The monoisotopic (exact) mass is 356 g/mol. The first-order valence-corrected chi connectivity index (χ1v) is 8.60. The molecule has 0 heterocycles. The summed E-state index contributed by atoms with van der Waals surface area (Å²) in [4.78, 5) is 23.7. The van der Waals surface area contributed by atoms with Crippen LogP contribution < -0.4 is 20.1 Å². The van der Waals surface area contributed by atoms with Crippen LogP contribution in [0, 0.1) is 0 Å². The van der Waals surface area contributed by atoms with Crippen LogP contribution in [0.2, 0.25) is 0 Å². The van der Waals surface area contributed by atoms with E-state index in [9.17, 15) is 9.59 Å². The number of amides is 2. The van der Waals surface area contributed by atoms with Crippen molar-refractivity contribution in [1.29, 1.82) is 0 Å². The first kappa shape index (κ1) is 19.3. The van der Waals surface area contributed by atoms with Gasteiger partial charge in [0.25, 0.3) is 5.91 Å². The van der Waals surface area contributed by atoms with E-state index in [0.29, 0.717) is 48.8 Å². The van der Waals surface area contributed by atoms with E-state index in [1.54, 1.807) is 31.3 Å². The van der Waals surface area contributed by atoms with Gasteiger partial charge in [-0.15, -0.1) is 0 Å². The lowest BCUT2D eigenvalue weighted by Gasteiger charge is -2.11. The molecule has 2 aromatic carbocycles. The fraction of sp³-hybridized carbons (Fsp3) is 0.300. The fourth-order valence-corrected chi connectivity index (χ4v) is 2.37. The van der Waals surface area contributed by atoms with Gasteiger partial charge in [-0.3, -0.25) is 9.59 Å². The number of hydrogen-bond donors (Lipinski definition) is 2. The van der Waals surface area contributed by atoms with Crippen molar-refractivity contribution in [3.8, 4) is 11.5 Å². The van der Waals surface area contributed by atoms with Crippen molar-refractivity contribution >= 4 is 17.5 Å². The molecule has 26 heavy (non-hydrogen) atoms. The first-order valence-electron chi connectivity index (χ1n) is 8.60. The van der Waals surface area contributed by atoms with Gasteiger partial charge in [0.05, 0.1) is 13.2 Å². The zero-order chi connectivity index (χ0) is 18.8. The molecule has 0 aliphatic rings. The normalized spacial score (nSPS) is 10.1. The number of anilines is 1. The second-order valence-corrected chi connectivity index (χ2v) is 5.54. The topological polar surface area (TPSA) is 76.7 Å². The maximum Gasteiger partial charge on any atom is 0.251 e. The maximum absolute atomic E-state index is 12.1. The summed E-state index contributed by atoms with van der Waals surface area (Å²) >= 11 is 0. The van der Waals surface area contributed by atoms with Crippen molar-refractivity contribution < 1.29 is 19.1 Å². The molecule has 0 aliphatic carbocycles. The molecular formula is C20H24N2O4. The number of rotatable bonds is 9. The van der Waals surface area contributed by atoms with Gasteiger partial charge in [-0.1, -0.05) is 18.2 Å². The zero-order valence-corrected chi connectivity index (χ0v) is 15.1. The molecule has 0 bridgehead atoms. The molecule has 2 N–H and O–H groups in total. The fourth-order valence-electron chi connectivity index (χ4n) is 2.37. The number of ether oxygens (including phenoxy) is 2. The Morgan fingerprint density at radius 2 is 1.73 bits per heavy atom. The van der Waals surface area contributed by atoms with Gasteiger partial charge in [0.2, 0.25) is 5.91 Å². The summed E-state index contributed by atoms with van der Waals surface area (Å²) in [6.45, 7) is 2.90. The number of carbonyl (C=O) groups excluding carboxylic acids is 2. The number of para-hydroxylation sites is 2. The number of nitrogens with one attached hydrogen (secondary N) is 2. The lowest BCUT2D eigenvalue weighted by molar-refractivity contribution is -0.116. The lowest BCUT2D eigenvalue weighted by Crippen LogP contribution is -2.18. The third-order valence-corrected chi connectivity index (χ3v) is 3.59. The quantitative estimate of drug-likeness (QED) is 0.676. The van der Waals surface area contributed by atoms with Crippen LogP contribution in [0.25, 0.3) is 0 Å². The summed E-state index contributed by atoms with van der Waals surface area (Å²) in [5.74, 6) is 1.06. The van der Waals surface area contributed by atoms with Gasteiger partial charge in [0.1, 0.15) is 0 Å². The Morgan fingerprint density at radius 1 is 1.00 bits per heavy atom. The second-order valence-electron chi connectivity index (χ2n) is 5.54. The van der Waals surface area contributed by atoms with Gasteiger partial charge in [-0.05, 0) is 43.7 Å². The molecule has 0 spiro atoms. The van der Waals surface area contributed by atoms with Crippen LogP contribution >= 0.6 is 0 Å². The Bertz CT molecular complexity index is 746. The molecular weight excluding hydrogens is 332 g/mol. The number of benzene rings is 2. The highest BCUT2D eigenvalue weighted by Gasteiger charge is 2.07. The van der Waals surface area contributed by atoms with E-state index in [1.165, 1.54) is 0 Å². The molecule has 6 heteroatoms. The molecule has 0 radical (unpaired) electrons. The van der Waals surface area contributed by atoms with E-state index >= 15 is 0 Å². The predicted molar refractivity (Wildman–Crippen MR) is 101 cm³/mol. The van der Waals surface area contributed by atoms with Crippen LogP contribution in [0.15, 0.2) is 48.5 Å². The second kappa shape index (κ2) is 10.1. The minimum Gasteiger partial charge on any atom is -0.490 e. The molecule has 2 amide bonds. The number of carbonyl (C=O) groups is 2. The molecule has 6 nitrogen and oxygen atoms in total. The van der Waals surface area contributed by atoms with E-state index in [1.807, 2.05) is 31.2 Å². The third kappa shape index (κ3) is 5.81. The Balaban J connectivity index is 1.78. The molecule has 0 atom stereocenters. The Hall–Kier alpha value is -3.02. The van der Waals surface area contributed by atoms with Crippen molar-refractivity contribution in [3.05, 3.63) is 54.1 Å². The van der Waals surface area contributed by atoms with Gasteiger partial charge in [0.15, 0.2) is 11.5 Å². The van der Waals surface area contributed by atoms with Crippen LogP contribution in [0.3, 0.4) is 0 Å². The minimum atomic E-state index is -0.192. The molecule has 0 saturated carbocycles. The van der Waals surface area contributed by atoms with Gasteiger partial charge in [-0.25, -0.2) is 0 Å². The van der Waals surface area contributed by atoms with E-state index in [4.69, 9.17) is 9.47 Å². The van der Waals surface area contributed by atoms with Gasteiger partial charge < -0.3 is 20.1 Å². The van der Waals surface area contributed by atoms with Gasteiger partial charge >= 0.3 is 0 Å². The Morgan fingerprint density at radius 3 is 2.42 bits per heavy atom. The van der Waals surface area contributed by atoms with Crippen molar-refractivity contribution in [3.63, 3.8) is 0 Å². The summed E-state index contributed by atoms with van der Waals surface area (Å²) in [5, 5.41) is 5.35. The highest BCUT2D eigenvalue weighted by molar-refractivity contribution is 5.97. The lowest BCUT2D eigenvalue weighted by atomic mass is 10.2. The Labute approximate surface area is 153 Å². The van der Waals surface area contributed by atoms with E-state index in [0.717, 1.165) is 0 Å². The molecule has 2 rings (SSSR count). The molecule has 0 aliphatic heterocycles. The van der Waals surface area contributed by atoms with Crippen LogP contribution in [-0.2, 0) is 4.79 Å². The van der Waals surface area contributed by atoms with Gasteiger partial charge in [0, 0.05) is 24.7 Å². The standard InChI is InChI=1S/C20H24N2O4/c1-3-25-17-10-4-5-11-18(17)26-13-7-12-19(23)22-16-9-6-8-15(14-16)20(24)21-2/h4-6,8-11,14H,3,7,12-13H2,1-2H3,(H,21,24)(H,22,23). The summed E-state index contributed by atoms with van der Waals surface area (Å²) in [6.07, 6.45) is 0.891. The molecule has 0 saturated heterocycles. The van der Waals surface area contributed by atoms with Gasteiger partial charge in [-0.2, -0.15) is 0 Å². The first-order chi connectivity index (χ1) is 12.6. The molecule has 138 valence electrons. The highest BCUT2D eigenvalue weighted by atomic mass is 16.5. The van der Waals surface area contributed by atoms with Crippen LogP contribution in [0.1, 0.15) is 30.1 Å². The summed E-state index contributed by atoms with van der Waals surface area (Å²) in [5.41, 5.74) is 1.10. The van der Waals surface area contributed by atoms with E-state index < -0.39 is 0 Å². The smallest absolute Gasteiger partial charge is 0.251 e. The van der Waals surface area contributed by atoms with Crippen molar-refractivity contribution in [2.24, 2.45) is 0 Å². The van der Waals surface area contributed by atoms with Crippen molar-refractivity contribution in [1.82, 2.24) is 5.32 Å². The average Bonchev–Trinajstić information content (AvgIpc) is 2.66. The van der Waals surface area contributed by atoms with Crippen LogP contribution in [0.5, 0.6) is 11.5 Å². The third-order valence-electron chi connectivity index (χ3n) is 3.59. The van der Waals surface area contributed by atoms with E-state index in [-0.39, 0.29) is 11.8 Å². The summed E-state index contributed by atoms with van der Waals surface area (Å²) in [6, 6.07) is 14.3. The molecule has 0 unspecified atom stereocenters. The maximum atomic E-state index is 12.1. The molecule has 0 fully saturated rings. The summed E-state index contributed by atoms with van der Waals surface area (Å²) in [7, 11) is 1.57. The molecule has 0 aromatic heterocycles. The minimum absolute atomic E-state index is 0.124. The van der Waals surface area contributed by atoms with Crippen LogP contribution in [0.4, 0.5) is 5.69 Å². The SMILES string of the molecule is CCOc1ccccc1OCCCC(=O)Nc1cccc(C(=O)NC)c1. The molecule has 2 aromatic rings. The van der Waals surface area contributed by atoms with Crippen molar-refractivity contribution in [2.75, 3.05) is 25.6 Å². The zero-order valence-electron chi connectivity index (χ0n) is 15.1. The Kier molecular flexibility index (Phi) is 7.49. The number of hydrogen-bond acceptors (Lipinski definition) is 4. The summed E-state index contributed by atoms with van der Waals surface area (Å²) < 4.78 is 11.2. The largest absolute Gasteiger partial charge is 0.490 e. The predicted octanol–water partition coefficient (Wildman–Crippen LogP) is 3.24. The highest BCUT2D eigenvalue weighted by Crippen LogP contribution is 2.26. The average molecular weight is 356 g/mol. The van der Waals surface area contributed by atoms with Crippen molar-refractivity contribution in [2.45, 2.75) is 19.8 Å².